The Labute approximate surface area is 218 Å². The standard InChI is InChI=1S/C22H21Cl2N3O5S3/c23-16-11-17(24)13-19(12-16)26-34(29,30)20-7-5-18(6-8-20)25-22(28)15-3-1-9-27(14-15)35(31,32)21-4-2-10-33-21/h2,4-8,10-13,15,26H,1,3,9,14H2,(H,25,28)/t15-/m1/s1. The van der Waals surface area contributed by atoms with Gasteiger partial charge in [-0.2, -0.15) is 4.31 Å². The van der Waals surface area contributed by atoms with Crippen LogP contribution < -0.4 is 10.0 Å². The number of rotatable bonds is 7. The number of piperidine rings is 1. The largest absolute Gasteiger partial charge is 0.326 e. The molecular weight excluding hydrogens is 553 g/mol. The van der Waals surface area contributed by atoms with Crippen LogP contribution in [-0.2, 0) is 24.8 Å². The number of carbonyl (C=O) groups is 1. The molecule has 1 saturated heterocycles. The van der Waals surface area contributed by atoms with Crippen LogP contribution in [0.4, 0.5) is 11.4 Å². The summed E-state index contributed by atoms with van der Waals surface area (Å²) in [4.78, 5) is 12.8. The molecule has 0 unspecified atom stereocenters. The number of nitrogens with one attached hydrogen (secondary N) is 2. The Kier molecular flexibility index (Phi) is 7.74. The summed E-state index contributed by atoms with van der Waals surface area (Å²) in [5, 5.41) is 5.03. The number of benzene rings is 2. The topological polar surface area (TPSA) is 113 Å². The van der Waals surface area contributed by atoms with Crippen LogP contribution in [0.5, 0.6) is 0 Å². The maximum Gasteiger partial charge on any atom is 0.261 e. The molecule has 186 valence electrons. The minimum absolute atomic E-state index is 0.0162. The zero-order valence-electron chi connectivity index (χ0n) is 18.1. The number of anilines is 2. The maximum absolute atomic E-state index is 12.8. The van der Waals surface area contributed by atoms with Gasteiger partial charge in [-0.05, 0) is 66.8 Å². The van der Waals surface area contributed by atoms with E-state index in [-0.39, 0.29) is 37.3 Å². The van der Waals surface area contributed by atoms with E-state index in [1.807, 2.05) is 0 Å². The first kappa shape index (κ1) is 25.9. The third-order valence-electron chi connectivity index (χ3n) is 5.39. The summed E-state index contributed by atoms with van der Waals surface area (Å²) in [5.74, 6) is -0.838. The summed E-state index contributed by atoms with van der Waals surface area (Å²) in [6.07, 6.45) is 1.12. The van der Waals surface area contributed by atoms with Gasteiger partial charge in [-0.3, -0.25) is 9.52 Å². The number of hydrogen-bond acceptors (Lipinski definition) is 6. The highest BCUT2D eigenvalue weighted by molar-refractivity contribution is 7.92. The van der Waals surface area contributed by atoms with Crippen molar-refractivity contribution in [2.24, 2.45) is 5.92 Å². The highest BCUT2D eigenvalue weighted by Crippen LogP contribution is 2.28. The van der Waals surface area contributed by atoms with Crippen molar-refractivity contribution in [3.05, 3.63) is 70.0 Å². The molecule has 1 atom stereocenters. The SMILES string of the molecule is O=C(Nc1ccc(S(=O)(=O)Nc2cc(Cl)cc(Cl)c2)cc1)[C@@H]1CCCN(S(=O)(=O)c2cccs2)C1. The van der Waals surface area contributed by atoms with E-state index >= 15 is 0 Å². The lowest BCUT2D eigenvalue weighted by molar-refractivity contribution is -0.120. The molecule has 1 aliphatic rings. The van der Waals surface area contributed by atoms with Crippen LogP contribution in [0.1, 0.15) is 12.8 Å². The third-order valence-corrected chi connectivity index (χ3v) is 10.5. The first-order chi connectivity index (χ1) is 16.5. The molecule has 8 nitrogen and oxygen atoms in total. The number of carbonyl (C=O) groups excluding carboxylic acids is 1. The molecule has 0 saturated carbocycles. The van der Waals surface area contributed by atoms with Gasteiger partial charge in [0.1, 0.15) is 4.21 Å². The molecular formula is C22H21Cl2N3O5S3. The van der Waals surface area contributed by atoms with Gasteiger partial charge in [-0.1, -0.05) is 29.3 Å². The second-order valence-corrected chi connectivity index (χ2v) is 13.6. The molecule has 1 amide bonds. The molecule has 0 aliphatic carbocycles. The van der Waals surface area contributed by atoms with E-state index in [9.17, 15) is 21.6 Å². The fourth-order valence-electron chi connectivity index (χ4n) is 3.70. The lowest BCUT2D eigenvalue weighted by Crippen LogP contribution is -2.43. The first-order valence-electron chi connectivity index (χ1n) is 10.5. The van der Waals surface area contributed by atoms with E-state index < -0.39 is 26.0 Å². The molecule has 1 fully saturated rings. The Balaban J connectivity index is 1.41. The second-order valence-electron chi connectivity index (χ2n) is 7.91. The molecule has 2 N–H and O–H groups in total. The summed E-state index contributed by atoms with van der Waals surface area (Å²) in [6, 6.07) is 13.3. The Morgan fingerprint density at radius 3 is 2.29 bits per heavy atom. The zero-order valence-corrected chi connectivity index (χ0v) is 22.1. The van der Waals surface area contributed by atoms with Crippen LogP contribution in [0.15, 0.2) is 69.1 Å². The molecule has 2 aromatic carbocycles. The summed E-state index contributed by atoms with van der Waals surface area (Å²) in [6.45, 7) is 0.450. The van der Waals surface area contributed by atoms with Crippen molar-refractivity contribution in [3.63, 3.8) is 0 Å². The highest BCUT2D eigenvalue weighted by Gasteiger charge is 2.33. The van der Waals surface area contributed by atoms with Crippen LogP contribution in [-0.4, -0.2) is 40.1 Å². The third kappa shape index (κ3) is 6.16. The van der Waals surface area contributed by atoms with Crippen LogP contribution in [0, 0.1) is 5.92 Å². The van der Waals surface area contributed by atoms with Gasteiger partial charge in [0, 0.05) is 28.8 Å². The molecule has 3 aromatic rings. The number of thiophene rings is 1. The Morgan fingerprint density at radius 2 is 1.66 bits per heavy atom. The number of halogens is 2. The predicted molar refractivity (Wildman–Crippen MR) is 138 cm³/mol. The Morgan fingerprint density at radius 1 is 0.971 bits per heavy atom. The Bertz CT molecular complexity index is 1410. The summed E-state index contributed by atoms with van der Waals surface area (Å²) >= 11 is 13.0. The monoisotopic (exact) mass is 573 g/mol. The van der Waals surface area contributed by atoms with Gasteiger partial charge >= 0.3 is 0 Å². The van der Waals surface area contributed by atoms with E-state index in [4.69, 9.17) is 23.2 Å². The second kappa shape index (κ2) is 10.5. The van der Waals surface area contributed by atoms with Crippen LogP contribution >= 0.6 is 34.5 Å². The van der Waals surface area contributed by atoms with Crippen molar-refractivity contribution < 1.29 is 21.6 Å². The minimum atomic E-state index is -3.91. The average molecular weight is 575 g/mol. The first-order valence-corrected chi connectivity index (χ1v) is 15.0. The van der Waals surface area contributed by atoms with Crippen LogP contribution in [0.25, 0.3) is 0 Å². The zero-order chi connectivity index (χ0) is 25.2. The van der Waals surface area contributed by atoms with E-state index in [0.717, 1.165) is 11.3 Å². The normalized spacial score (nSPS) is 17.1. The van der Waals surface area contributed by atoms with Gasteiger partial charge in [0.15, 0.2) is 0 Å². The van der Waals surface area contributed by atoms with Gasteiger partial charge in [-0.25, -0.2) is 16.8 Å². The molecule has 13 heteroatoms. The van der Waals surface area contributed by atoms with E-state index in [1.54, 1.807) is 17.5 Å². The number of hydrogen-bond donors (Lipinski definition) is 2. The molecule has 0 bridgehead atoms. The maximum atomic E-state index is 12.8. The average Bonchev–Trinajstić information content (AvgIpc) is 3.34. The molecule has 2 heterocycles. The van der Waals surface area contributed by atoms with E-state index in [1.165, 1.54) is 46.8 Å². The van der Waals surface area contributed by atoms with Gasteiger partial charge in [0.25, 0.3) is 20.0 Å². The van der Waals surface area contributed by atoms with Gasteiger partial charge < -0.3 is 5.32 Å². The minimum Gasteiger partial charge on any atom is -0.326 e. The summed E-state index contributed by atoms with van der Waals surface area (Å²) < 4.78 is 55.0. The Hall–Kier alpha value is -2.15. The fraction of sp³-hybridized carbons (Fsp3) is 0.227. The number of nitrogens with zero attached hydrogens (tertiary/aromatic N) is 1. The van der Waals surface area contributed by atoms with Gasteiger partial charge in [-0.15, -0.1) is 11.3 Å². The van der Waals surface area contributed by atoms with Crippen molar-refractivity contribution in [2.45, 2.75) is 21.9 Å². The quantitative estimate of drug-likeness (QED) is 0.417. The smallest absolute Gasteiger partial charge is 0.261 e. The number of sulfonamides is 2. The van der Waals surface area contributed by atoms with E-state index in [0.29, 0.717) is 25.1 Å². The van der Waals surface area contributed by atoms with Gasteiger partial charge in [0.2, 0.25) is 5.91 Å². The number of amides is 1. The molecule has 0 spiro atoms. The van der Waals surface area contributed by atoms with Crippen molar-refractivity contribution in [2.75, 3.05) is 23.1 Å². The van der Waals surface area contributed by atoms with Crippen LogP contribution in [0.2, 0.25) is 10.0 Å². The lowest BCUT2D eigenvalue weighted by atomic mass is 9.99. The molecule has 35 heavy (non-hydrogen) atoms. The molecule has 4 rings (SSSR count). The van der Waals surface area contributed by atoms with Crippen molar-refractivity contribution in [1.29, 1.82) is 0 Å². The van der Waals surface area contributed by atoms with E-state index in [2.05, 4.69) is 10.0 Å². The molecule has 1 aliphatic heterocycles. The summed E-state index contributed by atoms with van der Waals surface area (Å²) in [7, 11) is -7.54. The lowest BCUT2D eigenvalue weighted by Gasteiger charge is -2.30. The molecule has 1 aromatic heterocycles. The van der Waals surface area contributed by atoms with Crippen molar-refractivity contribution in [1.82, 2.24) is 4.31 Å². The predicted octanol–water partition coefficient (Wildman–Crippen LogP) is 4.90. The van der Waals surface area contributed by atoms with Crippen LogP contribution in [0.3, 0.4) is 0 Å². The molecule has 0 radical (unpaired) electrons. The van der Waals surface area contributed by atoms with Crippen molar-refractivity contribution in [3.8, 4) is 0 Å². The highest BCUT2D eigenvalue weighted by atomic mass is 35.5. The van der Waals surface area contributed by atoms with Gasteiger partial charge in [0.05, 0.1) is 16.5 Å². The van der Waals surface area contributed by atoms with Crippen molar-refractivity contribution >= 4 is 71.9 Å². The summed E-state index contributed by atoms with van der Waals surface area (Å²) in [5.41, 5.74) is 0.622. The fourth-order valence-corrected chi connectivity index (χ4v) is 7.94.